The molecule has 4 nitrogen and oxygen atoms in total. The average Bonchev–Trinajstić information content (AvgIpc) is 3.18. The molecule has 0 bridgehead atoms. The minimum Gasteiger partial charge on any atom is -0.493 e. The number of rotatable bonds is 6. The van der Waals surface area contributed by atoms with Crippen LogP contribution in [0, 0.1) is 26.2 Å². The van der Waals surface area contributed by atoms with Gasteiger partial charge >= 0.3 is 0 Å². The van der Waals surface area contributed by atoms with E-state index in [1.165, 1.54) is 14.0 Å². The zero-order valence-corrected chi connectivity index (χ0v) is 23.0. The van der Waals surface area contributed by atoms with Gasteiger partial charge in [-0.3, -0.25) is 0 Å². The highest BCUT2D eigenvalue weighted by molar-refractivity contribution is 14.1. The fourth-order valence-corrected chi connectivity index (χ4v) is 5.86. The van der Waals surface area contributed by atoms with Gasteiger partial charge in [0.25, 0.3) is 0 Å². The molecule has 0 amide bonds. The molecule has 2 aromatic carbocycles. The molecule has 1 aliphatic carbocycles. The highest BCUT2D eigenvalue weighted by Crippen LogP contribution is 2.45. The lowest BCUT2D eigenvalue weighted by Crippen LogP contribution is -2.26. The molecular weight excluding hydrogens is 555 g/mol. The summed E-state index contributed by atoms with van der Waals surface area (Å²) in [5.74, 6) is 1.99. The van der Waals surface area contributed by atoms with Crippen molar-refractivity contribution < 1.29 is 9.47 Å². The van der Waals surface area contributed by atoms with Gasteiger partial charge < -0.3 is 9.47 Å². The van der Waals surface area contributed by atoms with Crippen LogP contribution in [0.15, 0.2) is 47.5 Å². The van der Waals surface area contributed by atoms with E-state index in [4.69, 9.17) is 14.5 Å². The molecule has 0 N–H and O–H groups in total. The van der Waals surface area contributed by atoms with Gasteiger partial charge in [-0.1, -0.05) is 32.9 Å². The molecule has 1 aliphatic rings. The lowest BCUT2D eigenvalue weighted by Gasteiger charge is -2.33. The first-order valence-electron chi connectivity index (χ1n) is 11.4. The summed E-state index contributed by atoms with van der Waals surface area (Å²) in [5, 5.41) is 10.6. The van der Waals surface area contributed by atoms with Crippen LogP contribution in [0.25, 0.3) is 0 Å². The number of halogens is 1. The SMILES string of the molecule is COc1cc(C=Nc2sc3c(c2C#N)CC[C@@H](C(C)(C)C)C3)ccc1OCc1ccc(I)cc1. The molecule has 4 rings (SSSR count). The molecule has 34 heavy (non-hydrogen) atoms. The fraction of sp³-hybridized carbons (Fsp3) is 0.357. The normalized spacial score (nSPS) is 15.7. The molecule has 0 unspecified atom stereocenters. The second kappa shape index (κ2) is 10.5. The van der Waals surface area contributed by atoms with Gasteiger partial charge in [0, 0.05) is 14.7 Å². The van der Waals surface area contributed by atoms with Crippen LogP contribution in [0.5, 0.6) is 11.5 Å². The molecule has 3 aromatic rings. The van der Waals surface area contributed by atoms with E-state index in [1.54, 1.807) is 18.4 Å². The molecular formula is C28H29IN2O2S. The molecule has 0 saturated carbocycles. The standard InChI is InChI=1S/C28H29IN2O2S/c1-28(2,3)20-8-11-22-23(15-30)27(34-26(22)14-20)31-16-19-7-12-24(25(13-19)32-4)33-17-18-5-9-21(29)10-6-18/h5-7,9-10,12-13,16,20H,8,11,14,17H2,1-4H3/t20-/m1/s1. The van der Waals surface area contributed by atoms with E-state index < -0.39 is 0 Å². The van der Waals surface area contributed by atoms with Crippen LogP contribution in [0.1, 0.15) is 54.3 Å². The third-order valence-electron chi connectivity index (χ3n) is 6.41. The number of nitrogens with zero attached hydrogens (tertiary/aromatic N) is 2. The number of fused-ring (bicyclic) bond motifs is 1. The Morgan fingerprint density at radius 2 is 1.94 bits per heavy atom. The third kappa shape index (κ3) is 5.64. The lowest BCUT2D eigenvalue weighted by molar-refractivity contribution is 0.218. The summed E-state index contributed by atoms with van der Waals surface area (Å²) in [4.78, 5) is 6.05. The molecule has 0 aliphatic heterocycles. The molecule has 0 fully saturated rings. The first kappa shape index (κ1) is 24.7. The summed E-state index contributed by atoms with van der Waals surface area (Å²) in [6, 6.07) is 16.5. The van der Waals surface area contributed by atoms with Gasteiger partial charge in [-0.15, -0.1) is 11.3 Å². The van der Waals surface area contributed by atoms with Crippen molar-refractivity contribution in [2.24, 2.45) is 16.3 Å². The smallest absolute Gasteiger partial charge is 0.161 e. The Labute approximate surface area is 219 Å². The van der Waals surface area contributed by atoms with Crippen LogP contribution in [0.3, 0.4) is 0 Å². The minimum absolute atomic E-state index is 0.275. The molecule has 0 radical (unpaired) electrons. The van der Waals surface area contributed by atoms with Gasteiger partial charge in [-0.25, -0.2) is 4.99 Å². The van der Waals surface area contributed by atoms with Gasteiger partial charge in [0.2, 0.25) is 0 Å². The van der Waals surface area contributed by atoms with Crippen LogP contribution in [0.2, 0.25) is 0 Å². The van der Waals surface area contributed by atoms with Gasteiger partial charge in [-0.2, -0.15) is 5.26 Å². The van der Waals surface area contributed by atoms with E-state index in [2.05, 4.69) is 73.7 Å². The van der Waals surface area contributed by atoms with Crippen molar-refractivity contribution in [2.75, 3.05) is 7.11 Å². The fourth-order valence-electron chi connectivity index (χ4n) is 4.28. The highest BCUT2D eigenvalue weighted by atomic mass is 127. The van der Waals surface area contributed by atoms with Gasteiger partial charge in [0.05, 0.1) is 12.7 Å². The maximum absolute atomic E-state index is 9.82. The van der Waals surface area contributed by atoms with Gasteiger partial charge in [0.15, 0.2) is 11.5 Å². The number of aliphatic imine (C=N–C) groups is 1. The van der Waals surface area contributed by atoms with Crippen molar-refractivity contribution in [1.29, 1.82) is 5.26 Å². The van der Waals surface area contributed by atoms with Crippen molar-refractivity contribution >= 4 is 45.1 Å². The van der Waals surface area contributed by atoms with E-state index in [1.807, 2.05) is 24.4 Å². The first-order valence-corrected chi connectivity index (χ1v) is 13.3. The Hall–Kier alpha value is -2.37. The molecule has 0 saturated heterocycles. The third-order valence-corrected chi connectivity index (χ3v) is 8.29. The monoisotopic (exact) mass is 584 g/mol. The first-order chi connectivity index (χ1) is 16.3. The van der Waals surface area contributed by atoms with Crippen LogP contribution in [-0.4, -0.2) is 13.3 Å². The quantitative estimate of drug-likeness (QED) is 0.220. The van der Waals surface area contributed by atoms with Crippen molar-refractivity contribution in [1.82, 2.24) is 0 Å². The van der Waals surface area contributed by atoms with Crippen LogP contribution in [0.4, 0.5) is 5.00 Å². The Kier molecular flexibility index (Phi) is 7.63. The molecule has 6 heteroatoms. The zero-order valence-electron chi connectivity index (χ0n) is 20.0. The largest absolute Gasteiger partial charge is 0.493 e. The number of ether oxygens (including phenoxy) is 2. The van der Waals surface area contributed by atoms with Crippen LogP contribution >= 0.6 is 33.9 Å². The Morgan fingerprint density at radius 3 is 2.62 bits per heavy atom. The Bertz CT molecular complexity index is 1230. The van der Waals surface area contributed by atoms with E-state index >= 15 is 0 Å². The summed E-state index contributed by atoms with van der Waals surface area (Å²) >= 11 is 3.96. The van der Waals surface area contributed by atoms with Crippen LogP contribution < -0.4 is 9.47 Å². The number of nitriles is 1. The van der Waals surface area contributed by atoms with Crippen LogP contribution in [-0.2, 0) is 19.4 Å². The second-order valence-electron chi connectivity index (χ2n) is 9.69. The summed E-state index contributed by atoms with van der Waals surface area (Å²) in [6.45, 7) is 7.40. The number of hydrogen-bond acceptors (Lipinski definition) is 5. The van der Waals surface area contributed by atoms with Crippen molar-refractivity contribution in [3.05, 3.63) is 73.2 Å². The molecule has 1 heterocycles. The predicted molar refractivity (Wildman–Crippen MR) is 148 cm³/mol. The molecule has 0 spiro atoms. The minimum atomic E-state index is 0.275. The van der Waals surface area contributed by atoms with Gasteiger partial charge in [0.1, 0.15) is 17.7 Å². The Morgan fingerprint density at radius 1 is 1.18 bits per heavy atom. The molecule has 1 aromatic heterocycles. The second-order valence-corrected chi connectivity index (χ2v) is 12.0. The van der Waals surface area contributed by atoms with E-state index in [-0.39, 0.29) is 5.41 Å². The number of thiophene rings is 1. The van der Waals surface area contributed by atoms with Crippen molar-refractivity contribution in [2.45, 2.75) is 46.6 Å². The highest BCUT2D eigenvalue weighted by Gasteiger charge is 2.32. The lowest BCUT2D eigenvalue weighted by atomic mass is 9.72. The maximum atomic E-state index is 9.82. The van der Waals surface area contributed by atoms with E-state index in [0.29, 0.717) is 24.0 Å². The molecule has 176 valence electrons. The van der Waals surface area contributed by atoms with Crippen molar-refractivity contribution in [3.63, 3.8) is 0 Å². The van der Waals surface area contributed by atoms with E-state index in [0.717, 1.165) is 41.0 Å². The van der Waals surface area contributed by atoms with Gasteiger partial charge in [-0.05, 0) is 100 Å². The summed E-state index contributed by atoms with van der Waals surface area (Å²) in [7, 11) is 1.64. The summed E-state index contributed by atoms with van der Waals surface area (Å²) in [5.41, 5.74) is 4.23. The summed E-state index contributed by atoms with van der Waals surface area (Å²) < 4.78 is 12.7. The number of methoxy groups -OCH3 is 1. The predicted octanol–water partition coefficient (Wildman–Crippen LogP) is 7.71. The average molecular weight is 585 g/mol. The molecule has 1 atom stereocenters. The number of hydrogen-bond donors (Lipinski definition) is 0. The summed E-state index contributed by atoms with van der Waals surface area (Å²) in [6.07, 6.45) is 4.94. The van der Waals surface area contributed by atoms with Crippen molar-refractivity contribution in [3.8, 4) is 17.6 Å². The van der Waals surface area contributed by atoms with E-state index in [9.17, 15) is 5.26 Å². The zero-order chi connectivity index (χ0) is 24.3. The topological polar surface area (TPSA) is 54.6 Å². The maximum Gasteiger partial charge on any atom is 0.161 e. The number of benzene rings is 2. The Balaban J connectivity index is 1.51.